The van der Waals surface area contributed by atoms with E-state index in [1.807, 2.05) is 39.8 Å². The third-order valence-electron chi connectivity index (χ3n) is 4.09. The quantitative estimate of drug-likeness (QED) is 0.643. The topological polar surface area (TPSA) is 72.7 Å². The van der Waals surface area contributed by atoms with E-state index >= 15 is 0 Å². The highest BCUT2D eigenvalue weighted by atomic mass is 35.5. The average Bonchev–Trinajstić information content (AvgIpc) is 3.06. The van der Waals surface area contributed by atoms with E-state index in [0.29, 0.717) is 10.2 Å². The Balaban J connectivity index is 1.75. The van der Waals surface area contributed by atoms with E-state index in [1.54, 1.807) is 16.8 Å². The number of aromatic nitrogens is 4. The highest BCUT2D eigenvalue weighted by molar-refractivity contribution is 8.00. The highest BCUT2D eigenvalue weighted by Gasteiger charge is 2.20. The van der Waals surface area contributed by atoms with Crippen LogP contribution in [0, 0.1) is 20.8 Å². The van der Waals surface area contributed by atoms with E-state index in [4.69, 9.17) is 11.6 Å². The van der Waals surface area contributed by atoms with Crippen molar-refractivity contribution in [1.82, 2.24) is 20.2 Å². The normalized spacial score (nSPS) is 12.0. The van der Waals surface area contributed by atoms with Crippen molar-refractivity contribution < 1.29 is 4.79 Å². The molecule has 27 heavy (non-hydrogen) atoms. The van der Waals surface area contributed by atoms with Gasteiger partial charge in [-0.2, -0.15) is 4.68 Å². The number of rotatable bonds is 5. The molecule has 0 fully saturated rings. The zero-order chi connectivity index (χ0) is 19.6. The molecule has 0 spiro atoms. The molecule has 0 aliphatic rings. The summed E-state index contributed by atoms with van der Waals surface area (Å²) in [6, 6.07) is 11.3. The first-order valence-electron chi connectivity index (χ1n) is 8.45. The lowest BCUT2D eigenvalue weighted by atomic mass is 10.1. The number of benzene rings is 2. The summed E-state index contributed by atoms with van der Waals surface area (Å²) in [5.74, 6) is -0.0966. The minimum Gasteiger partial charge on any atom is -0.325 e. The Morgan fingerprint density at radius 3 is 2.41 bits per heavy atom. The van der Waals surface area contributed by atoms with Gasteiger partial charge in [0.25, 0.3) is 0 Å². The molecule has 140 valence electrons. The van der Waals surface area contributed by atoms with Gasteiger partial charge < -0.3 is 5.32 Å². The average molecular weight is 402 g/mol. The second-order valence-electron chi connectivity index (χ2n) is 6.37. The van der Waals surface area contributed by atoms with Crippen LogP contribution < -0.4 is 5.32 Å². The number of anilines is 1. The number of nitrogens with one attached hydrogen (secondary N) is 1. The van der Waals surface area contributed by atoms with Gasteiger partial charge in [-0.15, -0.1) is 5.10 Å². The third kappa shape index (κ3) is 4.48. The van der Waals surface area contributed by atoms with Crippen LogP contribution in [0.15, 0.2) is 41.6 Å². The zero-order valence-corrected chi connectivity index (χ0v) is 17.1. The molecule has 1 heterocycles. The van der Waals surface area contributed by atoms with Gasteiger partial charge in [0.05, 0.1) is 10.9 Å². The maximum atomic E-state index is 12.7. The van der Waals surface area contributed by atoms with Crippen LogP contribution in [0.5, 0.6) is 0 Å². The summed E-state index contributed by atoms with van der Waals surface area (Å²) >= 11 is 7.23. The van der Waals surface area contributed by atoms with Crippen molar-refractivity contribution >= 4 is 35.0 Å². The minimum atomic E-state index is -0.373. The molecule has 0 saturated heterocycles. The number of carbonyl (C=O) groups is 1. The largest absolute Gasteiger partial charge is 0.325 e. The summed E-state index contributed by atoms with van der Waals surface area (Å²) in [6.07, 6.45) is 0. The number of hydrogen-bond acceptors (Lipinski definition) is 5. The summed E-state index contributed by atoms with van der Waals surface area (Å²) in [7, 11) is 0. The fraction of sp³-hybridized carbons (Fsp3) is 0.263. The fourth-order valence-electron chi connectivity index (χ4n) is 2.81. The highest BCUT2D eigenvalue weighted by Crippen LogP contribution is 2.26. The Labute approximate surface area is 167 Å². The number of tetrazole rings is 1. The van der Waals surface area contributed by atoms with Crippen molar-refractivity contribution in [2.24, 2.45) is 0 Å². The maximum Gasteiger partial charge on any atom is 0.237 e. The molecule has 1 amide bonds. The first-order chi connectivity index (χ1) is 12.8. The SMILES string of the molecule is Cc1cc(C)c(NC(=O)C(C)Sc2nnnn2-c2ccc(Cl)cc2)c(C)c1. The van der Waals surface area contributed by atoms with Crippen molar-refractivity contribution in [1.29, 1.82) is 0 Å². The van der Waals surface area contributed by atoms with Gasteiger partial charge in [0.15, 0.2) is 0 Å². The summed E-state index contributed by atoms with van der Waals surface area (Å²) in [6.45, 7) is 7.86. The van der Waals surface area contributed by atoms with Gasteiger partial charge in [-0.3, -0.25) is 4.79 Å². The lowest BCUT2D eigenvalue weighted by Crippen LogP contribution is -2.24. The molecule has 1 atom stereocenters. The number of aryl methyl sites for hydroxylation is 3. The molecule has 0 bridgehead atoms. The Bertz CT molecular complexity index is 947. The Morgan fingerprint density at radius 1 is 1.15 bits per heavy atom. The van der Waals surface area contributed by atoms with Gasteiger partial charge in [0, 0.05) is 10.7 Å². The smallest absolute Gasteiger partial charge is 0.237 e. The van der Waals surface area contributed by atoms with Gasteiger partial charge in [0.1, 0.15) is 0 Å². The second-order valence-corrected chi connectivity index (χ2v) is 8.12. The van der Waals surface area contributed by atoms with Crippen LogP contribution in [0.3, 0.4) is 0 Å². The van der Waals surface area contributed by atoms with Gasteiger partial charge in [-0.05, 0) is 73.5 Å². The van der Waals surface area contributed by atoms with Crippen molar-refractivity contribution in [3.8, 4) is 5.69 Å². The van der Waals surface area contributed by atoms with E-state index in [2.05, 4.69) is 33.0 Å². The van der Waals surface area contributed by atoms with E-state index in [0.717, 1.165) is 22.5 Å². The molecule has 0 aliphatic carbocycles. The number of hydrogen-bond donors (Lipinski definition) is 1. The molecule has 1 unspecified atom stereocenters. The van der Waals surface area contributed by atoms with Crippen LogP contribution in [0.25, 0.3) is 5.69 Å². The van der Waals surface area contributed by atoms with E-state index < -0.39 is 0 Å². The molecule has 1 N–H and O–H groups in total. The molecule has 3 rings (SSSR count). The number of amides is 1. The van der Waals surface area contributed by atoms with Crippen LogP contribution in [-0.2, 0) is 4.79 Å². The summed E-state index contributed by atoms with van der Waals surface area (Å²) in [5.41, 5.74) is 4.90. The Kier molecular flexibility index (Phi) is 5.82. The van der Waals surface area contributed by atoms with E-state index in [9.17, 15) is 4.79 Å². The van der Waals surface area contributed by atoms with Crippen molar-refractivity contribution in [3.63, 3.8) is 0 Å². The van der Waals surface area contributed by atoms with Crippen LogP contribution in [-0.4, -0.2) is 31.4 Å². The number of thioether (sulfide) groups is 1. The van der Waals surface area contributed by atoms with Crippen LogP contribution in [0.2, 0.25) is 5.02 Å². The van der Waals surface area contributed by atoms with Gasteiger partial charge in [0.2, 0.25) is 11.1 Å². The molecule has 3 aromatic rings. The molecule has 1 aromatic heterocycles. The number of nitrogens with zero attached hydrogens (tertiary/aromatic N) is 4. The fourth-order valence-corrected chi connectivity index (χ4v) is 3.74. The second kappa shape index (κ2) is 8.10. The molecule has 8 heteroatoms. The van der Waals surface area contributed by atoms with Crippen LogP contribution in [0.4, 0.5) is 5.69 Å². The lowest BCUT2D eigenvalue weighted by Gasteiger charge is -2.16. The summed E-state index contributed by atoms with van der Waals surface area (Å²) in [5, 5.41) is 15.6. The summed E-state index contributed by atoms with van der Waals surface area (Å²) in [4.78, 5) is 12.7. The molecule has 6 nitrogen and oxygen atoms in total. The number of carbonyl (C=O) groups excluding carboxylic acids is 1. The van der Waals surface area contributed by atoms with Gasteiger partial charge >= 0.3 is 0 Å². The molecule has 0 aliphatic heterocycles. The summed E-state index contributed by atoms with van der Waals surface area (Å²) < 4.78 is 1.59. The monoisotopic (exact) mass is 401 g/mol. The minimum absolute atomic E-state index is 0.0966. The zero-order valence-electron chi connectivity index (χ0n) is 15.5. The van der Waals surface area contributed by atoms with Gasteiger partial charge in [-0.1, -0.05) is 41.1 Å². The van der Waals surface area contributed by atoms with Crippen LogP contribution in [0.1, 0.15) is 23.6 Å². The predicted molar refractivity (Wildman–Crippen MR) is 109 cm³/mol. The molecule has 0 saturated carbocycles. The Hall–Kier alpha value is -2.38. The Morgan fingerprint density at radius 2 is 1.78 bits per heavy atom. The van der Waals surface area contributed by atoms with Crippen molar-refractivity contribution in [3.05, 3.63) is 58.1 Å². The molecule has 0 radical (unpaired) electrons. The molecular weight excluding hydrogens is 382 g/mol. The standard InChI is InChI=1S/C19H20ClN5OS/c1-11-9-12(2)17(13(3)10-11)21-18(26)14(4)27-19-22-23-24-25(19)16-7-5-15(20)6-8-16/h5-10,14H,1-4H3,(H,21,26). The third-order valence-corrected chi connectivity index (χ3v) is 5.37. The molecular formula is C19H20ClN5OS. The first kappa shape index (κ1) is 19.4. The van der Waals surface area contributed by atoms with Crippen molar-refractivity contribution in [2.45, 2.75) is 38.1 Å². The van der Waals surface area contributed by atoms with Gasteiger partial charge in [-0.25, -0.2) is 0 Å². The molecule has 2 aromatic carbocycles. The lowest BCUT2D eigenvalue weighted by molar-refractivity contribution is -0.115. The maximum absolute atomic E-state index is 12.7. The van der Waals surface area contributed by atoms with E-state index in [1.165, 1.54) is 17.3 Å². The van der Waals surface area contributed by atoms with E-state index in [-0.39, 0.29) is 11.2 Å². The number of halogens is 1. The van der Waals surface area contributed by atoms with Crippen LogP contribution >= 0.6 is 23.4 Å². The predicted octanol–water partition coefficient (Wildman–Crippen LogP) is 4.36. The van der Waals surface area contributed by atoms with Crippen molar-refractivity contribution in [2.75, 3.05) is 5.32 Å². The first-order valence-corrected chi connectivity index (χ1v) is 9.70.